The van der Waals surface area contributed by atoms with Gasteiger partial charge in [-0.25, -0.2) is 8.42 Å². The standard InChI is InChI=1S/C17H23ClN2O4S/c1-13(2)16(21)19-9-7-17(8-10-19)20(11-12-24-17)25(22,23)15-5-3-14(18)4-6-15/h3-6,13H,7-12H2,1-2H3. The molecule has 2 aliphatic heterocycles. The predicted molar refractivity (Wildman–Crippen MR) is 94.7 cm³/mol. The van der Waals surface area contributed by atoms with Crippen LogP contribution in [0.2, 0.25) is 5.02 Å². The van der Waals surface area contributed by atoms with Gasteiger partial charge in [0.05, 0.1) is 11.5 Å². The van der Waals surface area contributed by atoms with Gasteiger partial charge in [-0.3, -0.25) is 4.79 Å². The number of hydrogen-bond acceptors (Lipinski definition) is 4. The third kappa shape index (κ3) is 3.43. The lowest BCUT2D eigenvalue weighted by molar-refractivity contribution is -0.143. The minimum atomic E-state index is -3.67. The van der Waals surface area contributed by atoms with Crippen molar-refractivity contribution in [3.63, 3.8) is 0 Å². The number of rotatable bonds is 3. The monoisotopic (exact) mass is 386 g/mol. The molecule has 2 aliphatic rings. The number of benzene rings is 1. The Balaban J connectivity index is 1.81. The fourth-order valence-electron chi connectivity index (χ4n) is 3.50. The lowest BCUT2D eigenvalue weighted by Gasteiger charge is -2.43. The first-order valence-corrected chi connectivity index (χ1v) is 10.3. The number of hydrogen-bond donors (Lipinski definition) is 0. The first-order valence-electron chi connectivity index (χ1n) is 8.47. The summed E-state index contributed by atoms with van der Waals surface area (Å²) in [5.74, 6) is 0.0346. The summed E-state index contributed by atoms with van der Waals surface area (Å²) >= 11 is 5.86. The highest BCUT2D eigenvalue weighted by molar-refractivity contribution is 7.89. The molecule has 0 radical (unpaired) electrons. The third-order valence-corrected chi connectivity index (χ3v) is 7.09. The van der Waals surface area contributed by atoms with Crippen molar-refractivity contribution in [2.45, 2.75) is 37.3 Å². The van der Waals surface area contributed by atoms with Gasteiger partial charge in [-0.05, 0) is 24.3 Å². The van der Waals surface area contributed by atoms with Crippen LogP contribution in [0.4, 0.5) is 0 Å². The molecular formula is C17H23ClN2O4S. The number of nitrogens with zero attached hydrogens (tertiary/aromatic N) is 2. The SMILES string of the molecule is CC(C)C(=O)N1CCC2(CC1)OCCN2S(=O)(=O)c1ccc(Cl)cc1. The fourth-order valence-corrected chi connectivity index (χ4v) is 5.35. The maximum Gasteiger partial charge on any atom is 0.245 e. The highest BCUT2D eigenvalue weighted by Crippen LogP contribution is 2.38. The average Bonchev–Trinajstić information content (AvgIpc) is 2.99. The van der Waals surface area contributed by atoms with Gasteiger partial charge in [0.2, 0.25) is 15.9 Å². The van der Waals surface area contributed by atoms with E-state index in [1.165, 1.54) is 16.4 Å². The maximum atomic E-state index is 13.1. The van der Waals surface area contributed by atoms with Crippen molar-refractivity contribution in [1.29, 1.82) is 0 Å². The number of carbonyl (C=O) groups is 1. The molecule has 0 aromatic heterocycles. The molecular weight excluding hydrogens is 364 g/mol. The van der Waals surface area contributed by atoms with Crippen LogP contribution in [0.5, 0.6) is 0 Å². The molecule has 2 heterocycles. The number of halogens is 1. The molecule has 1 spiro atoms. The van der Waals surface area contributed by atoms with Crippen LogP contribution in [-0.4, -0.2) is 55.5 Å². The van der Waals surface area contributed by atoms with Crippen LogP contribution < -0.4 is 0 Å². The summed E-state index contributed by atoms with van der Waals surface area (Å²) in [7, 11) is -3.67. The van der Waals surface area contributed by atoms with Gasteiger partial charge in [-0.1, -0.05) is 25.4 Å². The first-order chi connectivity index (χ1) is 11.8. The molecule has 0 saturated carbocycles. The number of carbonyl (C=O) groups excluding carboxylic acids is 1. The molecule has 0 atom stereocenters. The topological polar surface area (TPSA) is 66.9 Å². The number of piperidine rings is 1. The van der Waals surface area contributed by atoms with Gasteiger partial charge in [-0.2, -0.15) is 4.31 Å². The molecule has 2 saturated heterocycles. The second-order valence-corrected chi connectivity index (χ2v) is 9.10. The summed E-state index contributed by atoms with van der Waals surface area (Å²) in [6, 6.07) is 6.17. The predicted octanol–water partition coefficient (Wildman–Crippen LogP) is 2.34. The normalized spacial score (nSPS) is 21.2. The van der Waals surface area contributed by atoms with Gasteiger partial charge in [-0.15, -0.1) is 0 Å². The zero-order valence-electron chi connectivity index (χ0n) is 14.4. The van der Waals surface area contributed by atoms with Gasteiger partial charge < -0.3 is 9.64 Å². The van der Waals surface area contributed by atoms with E-state index in [0.717, 1.165) is 0 Å². The average molecular weight is 387 g/mol. The molecule has 2 fully saturated rings. The van der Waals surface area contributed by atoms with E-state index in [1.807, 2.05) is 13.8 Å². The zero-order chi connectivity index (χ0) is 18.2. The summed E-state index contributed by atoms with van der Waals surface area (Å²) in [5.41, 5.74) is -0.855. The molecule has 6 nitrogen and oxygen atoms in total. The Morgan fingerprint density at radius 2 is 1.76 bits per heavy atom. The highest BCUT2D eigenvalue weighted by Gasteiger charge is 2.51. The van der Waals surface area contributed by atoms with E-state index in [1.54, 1.807) is 17.0 Å². The molecule has 1 aromatic carbocycles. The molecule has 8 heteroatoms. The minimum absolute atomic E-state index is 0.0625. The summed E-state index contributed by atoms with van der Waals surface area (Å²) < 4.78 is 33.5. The zero-order valence-corrected chi connectivity index (χ0v) is 16.0. The van der Waals surface area contributed by atoms with Crippen LogP contribution >= 0.6 is 11.6 Å². The van der Waals surface area contributed by atoms with Crippen molar-refractivity contribution in [3.8, 4) is 0 Å². The number of sulfonamides is 1. The van der Waals surface area contributed by atoms with Crippen molar-refractivity contribution in [2.24, 2.45) is 5.92 Å². The minimum Gasteiger partial charge on any atom is -0.358 e. The lowest BCUT2D eigenvalue weighted by Crippen LogP contribution is -2.56. The van der Waals surface area contributed by atoms with Crippen molar-refractivity contribution in [3.05, 3.63) is 29.3 Å². The van der Waals surface area contributed by atoms with Crippen LogP contribution in [0, 0.1) is 5.92 Å². The molecule has 0 bridgehead atoms. The smallest absolute Gasteiger partial charge is 0.245 e. The molecule has 0 unspecified atom stereocenters. The fraction of sp³-hybridized carbons (Fsp3) is 0.588. The Hall–Kier alpha value is -1.15. The third-order valence-electron chi connectivity index (χ3n) is 4.87. The lowest BCUT2D eigenvalue weighted by atomic mass is 9.99. The summed E-state index contributed by atoms with van der Waals surface area (Å²) in [6.45, 7) is 5.44. The Morgan fingerprint density at radius 1 is 1.16 bits per heavy atom. The number of ether oxygens (including phenoxy) is 1. The Morgan fingerprint density at radius 3 is 2.32 bits per heavy atom. The Bertz CT molecular complexity index is 740. The summed E-state index contributed by atoms with van der Waals surface area (Å²) in [5, 5.41) is 0.492. The van der Waals surface area contributed by atoms with Crippen LogP contribution in [-0.2, 0) is 19.6 Å². The van der Waals surface area contributed by atoms with Crippen molar-refractivity contribution >= 4 is 27.5 Å². The molecule has 25 heavy (non-hydrogen) atoms. The molecule has 0 N–H and O–H groups in total. The number of likely N-dealkylation sites (tertiary alicyclic amines) is 1. The maximum absolute atomic E-state index is 13.1. The summed E-state index contributed by atoms with van der Waals surface area (Å²) in [4.78, 5) is 14.2. The van der Waals surface area contributed by atoms with Crippen molar-refractivity contribution < 1.29 is 17.9 Å². The second-order valence-electron chi connectivity index (χ2n) is 6.81. The van der Waals surface area contributed by atoms with E-state index in [2.05, 4.69) is 0 Å². The molecule has 1 aromatic rings. The molecule has 3 rings (SSSR count). The molecule has 0 aliphatic carbocycles. The highest BCUT2D eigenvalue weighted by atomic mass is 35.5. The quantitative estimate of drug-likeness (QED) is 0.799. The van der Waals surface area contributed by atoms with Crippen LogP contribution in [0.1, 0.15) is 26.7 Å². The van der Waals surface area contributed by atoms with Gasteiger partial charge in [0.1, 0.15) is 5.72 Å². The van der Waals surface area contributed by atoms with Crippen molar-refractivity contribution in [1.82, 2.24) is 9.21 Å². The van der Waals surface area contributed by atoms with E-state index in [-0.39, 0.29) is 16.7 Å². The van der Waals surface area contributed by atoms with E-state index in [0.29, 0.717) is 44.1 Å². The van der Waals surface area contributed by atoms with Gasteiger partial charge in [0.15, 0.2) is 0 Å². The van der Waals surface area contributed by atoms with Crippen molar-refractivity contribution in [2.75, 3.05) is 26.2 Å². The van der Waals surface area contributed by atoms with Gasteiger partial charge >= 0.3 is 0 Å². The van der Waals surface area contributed by atoms with Gasteiger partial charge in [0.25, 0.3) is 0 Å². The Kier molecular flexibility index (Phi) is 5.12. The van der Waals surface area contributed by atoms with Gasteiger partial charge in [0, 0.05) is 43.4 Å². The Labute approximate surface area is 153 Å². The summed E-state index contributed by atoms with van der Waals surface area (Å²) in [6.07, 6.45) is 0.969. The van der Waals surface area contributed by atoms with Crippen LogP contribution in [0.15, 0.2) is 29.2 Å². The molecule has 138 valence electrons. The second kappa shape index (κ2) is 6.87. The van der Waals surface area contributed by atoms with E-state index in [4.69, 9.17) is 16.3 Å². The number of amides is 1. The van der Waals surface area contributed by atoms with E-state index in [9.17, 15) is 13.2 Å². The van der Waals surface area contributed by atoms with Crippen LogP contribution in [0.3, 0.4) is 0 Å². The van der Waals surface area contributed by atoms with Crippen LogP contribution in [0.25, 0.3) is 0 Å². The first kappa shape index (κ1) is 18.6. The molecule has 1 amide bonds. The largest absolute Gasteiger partial charge is 0.358 e. The van der Waals surface area contributed by atoms with E-state index >= 15 is 0 Å². The van der Waals surface area contributed by atoms with E-state index < -0.39 is 15.7 Å².